The minimum absolute atomic E-state index is 0.0533. The SMILES string of the molecule is COc1cccc(CN(c2ccc(Cl)cc2)S(=O)(=O)c2cccc(F)c2)c1. The standard InChI is InChI=1S/C20H17ClFNO3S/c1-26-19-6-2-4-15(12-19)14-23(18-10-8-16(21)9-11-18)27(24,25)20-7-3-5-17(22)13-20/h2-13H,14H2,1H3. The van der Waals surface area contributed by atoms with Gasteiger partial charge in [0.15, 0.2) is 0 Å². The summed E-state index contributed by atoms with van der Waals surface area (Å²) in [6, 6.07) is 18.5. The second kappa shape index (κ2) is 7.98. The highest BCUT2D eigenvalue weighted by Crippen LogP contribution is 2.28. The summed E-state index contributed by atoms with van der Waals surface area (Å²) in [5, 5.41) is 0.489. The van der Waals surface area contributed by atoms with Gasteiger partial charge in [0, 0.05) is 5.02 Å². The molecule has 0 atom stereocenters. The first-order valence-electron chi connectivity index (χ1n) is 8.07. The Morgan fingerprint density at radius 1 is 1.00 bits per heavy atom. The molecule has 0 bridgehead atoms. The molecule has 0 aliphatic heterocycles. The summed E-state index contributed by atoms with van der Waals surface area (Å²) < 4.78 is 46.5. The van der Waals surface area contributed by atoms with Gasteiger partial charge in [0.25, 0.3) is 10.0 Å². The van der Waals surface area contributed by atoms with E-state index in [0.29, 0.717) is 16.5 Å². The van der Waals surface area contributed by atoms with Crippen LogP contribution in [0.2, 0.25) is 5.02 Å². The maximum Gasteiger partial charge on any atom is 0.264 e. The fourth-order valence-corrected chi connectivity index (χ4v) is 4.22. The van der Waals surface area contributed by atoms with Crippen LogP contribution in [-0.2, 0) is 16.6 Å². The molecule has 0 heterocycles. The Balaban J connectivity index is 2.08. The summed E-state index contributed by atoms with van der Waals surface area (Å²) >= 11 is 5.93. The van der Waals surface area contributed by atoms with Gasteiger partial charge in [-0.2, -0.15) is 0 Å². The van der Waals surface area contributed by atoms with Gasteiger partial charge in [-0.05, 0) is 60.2 Å². The van der Waals surface area contributed by atoms with Crippen molar-refractivity contribution in [3.63, 3.8) is 0 Å². The molecule has 3 rings (SSSR count). The van der Waals surface area contributed by atoms with Crippen LogP contribution in [0.15, 0.2) is 77.7 Å². The molecule has 0 aromatic heterocycles. The zero-order valence-electron chi connectivity index (χ0n) is 14.5. The summed E-state index contributed by atoms with van der Waals surface area (Å²) in [6.45, 7) is 0.0533. The quantitative estimate of drug-likeness (QED) is 0.587. The van der Waals surface area contributed by atoms with E-state index >= 15 is 0 Å². The van der Waals surface area contributed by atoms with E-state index in [9.17, 15) is 12.8 Å². The van der Waals surface area contributed by atoms with Gasteiger partial charge in [-0.1, -0.05) is 29.8 Å². The van der Waals surface area contributed by atoms with Gasteiger partial charge in [-0.25, -0.2) is 12.8 Å². The van der Waals surface area contributed by atoms with Crippen molar-refractivity contribution in [2.45, 2.75) is 11.4 Å². The van der Waals surface area contributed by atoms with Crippen molar-refractivity contribution in [2.75, 3.05) is 11.4 Å². The van der Waals surface area contributed by atoms with Crippen molar-refractivity contribution in [1.29, 1.82) is 0 Å². The fourth-order valence-electron chi connectivity index (χ4n) is 2.61. The van der Waals surface area contributed by atoms with E-state index in [1.165, 1.54) is 22.5 Å². The smallest absolute Gasteiger partial charge is 0.264 e. The molecule has 0 amide bonds. The highest BCUT2D eigenvalue weighted by atomic mass is 35.5. The summed E-state index contributed by atoms with van der Waals surface area (Å²) in [4.78, 5) is -0.125. The van der Waals surface area contributed by atoms with Gasteiger partial charge in [-0.3, -0.25) is 4.31 Å². The number of hydrogen-bond acceptors (Lipinski definition) is 3. The predicted molar refractivity (Wildman–Crippen MR) is 104 cm³/mol. The van der Waals surface area contributed by atoms with Gasteiger partial charge >= 0.3 is 0 Å². The van der Waals surface area contributed by atoms with Gasteiger partial charge in [0.05, 0.1) is 24.2 Å². The largest absolute Gasteiger partial charge is 0.497 e. The van der Waals surface area contributed by atoms with Crippen LogP contribution < -0.4 is 9.04 Å². The minimum Gasteiger partial charge on any atom is -0.497 e. The molecule has 0 saturated heterocycles. The minimum atomic E-state index is -4.00. The van der Waals surface area contributed by atoms with Crippen molar-refractivity contribution in [2.24, 2.45) is 0 Å². The van der Waals surface area contributed by atoms with Crippen LogP contribution in [0.25, 0.3) is 0 Å². The second-order valence-electron chi connectivity index (χ2n) is 5.80. The van der Waals surface area contributed by atoms with Crippen LogP contribution in [0.5, 0.6) is 5.75 Å². The number of hydrogen-bond donors (Lipinski definition) is 0. The van der Waals surface area contributed by atoms with Crippen LogP contribution in [0, 0.1) is 5.82 Å². The Hall–Kier alpha value is -2.57. The Bertz CT molecular complexity index is 1040. The first-order valence-corrected chi connectivity index (χ1v) is 9.89. The molecule has 27 heavy (non-hydrogen) atoms. The van der Waals surface area contributed by atoms with E-state index in [4.69, 9.17) is 16.3 Å². The molecular weight excluding hydrogens is 389 g/mol. The van der Waals surface area contributed by atoms with Gasteiger partial charge in [0.2, 0.25) is 0 Å². The number of anilines is 1. The van der Waals surface area contributed by atoms with Crippen LogP contribution in [0.4, 0.5) is 10.1 Å². The molecule has 0 aliphatic carbocycles. The van der Waals surface area contributed by atoms with E-state index in [1.807, 2.05) is 0 Å². The number of methoxy groups -OCH3 is 1. The predicted octanol–water partition coefficient (Wildman–Crippen LogP) is 4.88. The van der Waals surface area contributed by atoms with Crippen LogP contribution >= 0.6 is 11.6 Å². The normalized spacial score (nSPS) is 11.2. The average molecular weight is 406 g/mol. The molecule has 4 nitrogen and oxygen atoms in total. The molecule has 0 N–H and O–H groups in total. The lowest BCUT2D eigenvalue weighted by Gasteiger charge is -2.25. The van der Waals surface area contributed by atoms with Crippen molar-refractivity contribution < 1.29 is 17.5 Å². The zero-order valence-corrected chi connectivity index (χ0v) is 16.0. The van der Waals surface area contributed by atoms with Crippen molar-refractivity contribution >= 4 is 27.3 Å². The van der Waals surface area contributed by atoms with E-state index in [2.05, 4.69) is 0 Å². The lowest BCUT2D eigenvalue weighted by atomic mass is 10.2. The summed E-state index contributed by atoms with van der Waals surface area (Å²) in [6.07, 6.45) is 0. The third-order valence-corrected chi connectivity index (χ3v) is 5.98. The molecule has 0 saturated carbocycles. The number of sulfonamides is 1. The monoisotopic (exact) mass is 405 g/mol. The molecular formula is C20H17ClFNO3S. The average Bonchev–Trinajstić information content (AvgIpc) is 2.67. The summed E-state index contributed by atoms with van der Waals surface area (Å²) in [5.74, 6) is 0.000205. The molecule has 3 aromatic rings. The molecule has 7 heteroatoms. The number of benzene rings is 3. The summed E-state index contributed by atoms with van der Waals surface area (Å²) in [5.41, 5.74) is 1.15. The van der Waals surface area contributed by atoms with Gasteiger partial charge in [0.1, 0.15) is 11.6 Å². The molecule has 0 spiro atoms. The number of ether oxygens (including phenoxy) is 1. The molecule has 140 valence electrons. The Morgan fingerprint density at radius 2 is 1.70 bits per heavy atom. The lowest BCUT2D eigenvalue weighted by molar-refractivity contribution is 0.414. The van der Waals surface area contributed by atoms with Crippen LogP contribution in [-0.4, -0.2) is 15.5 Å². The third-order valence-electron chi connectivity index (χ3n) is 3.96. The Morgan fingerprint density at radius 3 is 2.37 bits per heavy atom. The molecule has 0 fully saturated rings. The van der Waals surface area contributed by atoms with Gasteiger partial charge in [-0.15, -0.1) is 0 Å². The second-order valence-corrected chi connectivity index (χ2v) is 8.10. The van der Waals surface area contributed by atoms with Gasteiger partial charge < -0.3 is 4.74 Å². The van der Waals surface area contributed by atoms with Crippen LogP contribution in [0.3, 0.4) is 0 Å². The zero-order chi connectivity index (χ0) is 19.4. The summed E-state index contributed by atoms with van der Waals surface area (Å²) in [7, 11) is -2.46. The molecule has 0 radical (unpaired) electrons. The van der Waals surface area contributed by atoms with Crippen molar-refractivity contribution in [3.8, 4) is 5.75 Å². The highest BCUT2D eigenvalue weighted by molar-refractivity contribution is 7.92. The van der Waals surface area contributed by atoms with E-state index < -0.39 is 15.8 Å². The maximum absolute atomic E-state index is 13.6. The van der Waals surface area contributed by atoms with Crippen LogP contribution in [0.1, 0.15) is 5.56 Å². The number of rotatable bonds is 6. The van der Waals surface area contributed by atoms with E-state index in [1.54, 1.807) is 55.6 Å². The van der Waals surface area contributed by atoms with E-state index in [0.717, 1.165) is 11.6 Å². The molecule has 0 aliphatic rings. The fraction of sp³-hybridized carbons (Fsp3) is 0.100. The van der Waals surface area contributed by atoms with E-state index in [-0.39, 0.29) is 11.4 Å². The molecule has 0 unspecified atom stereocenters. The number of halogens is 2. The topological polar surface area (TPSA) is 46.6 Å². The Labute approximate surface area is 162 Å². The third kappa shape index (κ3) is 4.40. The first-order chi connectivity index (χ1) is 12.9. The number of nitrogens with zero attached hydrogens (tertiary/aromatic N) is 1. The van der Waals surface area contributed by atoms with Crippen molar-refractivity contribution in [1.82, 2.24) is 0 Å². The van der Waals surface area contributed by atoms with Crippen molar-refractivity contribution in [3.05, 3.63) is 89.2 Å². The highest BCUT2D eigenvalue weighted by Gasteiger charge is 2.26. The first kappa shape index (κ1) is 19.2. The Kier molecular flexibility index (Phi) is 5.68. The lowest BCUT2D eigenvalue weighted by Crippen LogP contribution is -2.30. The molecule has 3 aromatic carbocycles. The maximum atomic E-state index is 13.6.